The molecule has 104 valence electrons. The Bertz CT molecular complexity index is 427. The zero-order chi connectivity index (χ0) is 13.8. The van der Waals surface area contributed by atoms with Crippen LogP contribution in [0.3, 0.4) is 0 Å². The molecule has 0 bridgehead atoms. The quantitative estimate of drug-likeness (QED) is 0.821. The third kappa shape index (κ3) is 3.64. The molecule has 3 nitrogen and oxygen atoms in total. The molecule has 1 saturated heterocycles. The van der Waals surface area contributed by atoms with Crippen molar-refractivity contribution in [1.82, 2.24) is 9.80 Å². The normalized spacial score (nSPS) is 21.5. The van der Waals surface area contributed by atoms with Gasteiger partial charge in [-0.25, -0.2) is 0 Å². The molecule has 1 aliphatic rings. The van der Waals surface area contributed by atoms with Gasteiger partial charge in [0.25, 0.3) is 0 Å². The predicted molar refractivity (Wildman–Crippen MR) is 78.4 cm³/mol. The standard InChI is InChI=1S/C16H24N2O/c1-4-13-5-7-14(8-6-13)11-16(19)15-12-17(2)9-10-18(15)3/h5-8,15H,4,9-12H2,1-3H3. The molecule has 0 spiro atoms. The highest BCUT2D eigenvalue weighted by Crippen LogP contribution is 2.12. The molecule has 1 fully saturated rings. The Labute approximate surface area is 116 Å². The number of nitrogens with zero attached hydrogens (tertiary/aromatic N) is 2. The summed E-state index contributed by atoms with van der Waals surface area (Å²) in [6.45, 7) is 5.02. The summed E-state index contributed by atoms with van der Waals surface area (Å²) < 4.78 is 0. The molecule has 1 aliphatic heterocycles. The lowest BCUT2D eigenvalue weighted by Crippen LogP contribution is -2.53. The molecular formula is C16H24N2O. The van der Waals surface area contributed by atoms with Gasteiger partial charge in [-0.3, -0.25) is 9.69 Å². The minimum absolute atomic E-state index is 0.0459. The fraction of sp³-hybridized carbons (Fsp3) is 0.562. The van der Waals surface area contributed by atoms with Gasteiger partial charge in [0.15, 0.2) is 5.78 Å². The number of benzene rings is 1. The zero-order valence-electron chi connectivity index (χ0n) is 12.2. The number of likely N-dealkylation sites (N-methyl/N-ethyl adjacent to an activating group) is 2. The van der Waals surface area contributed by atoms with Crippen molar-refractivity contribution >= 4 is 5.78 Å². The number of piperazine rings is 1. The largest absolute Gasteiger partial charge is 0.303 e. The zero-order valence-corrected chi connectivity index (χ0v) is 12.2. The molecule has 1 unspecified atom stereocenters. The van der Waals surface area contributed by atoms with Crippen molar-refractivity contribution in [1.29, 1.82) is 0 Å². The van der Waals surface area contributed by atoms with Crippen LogP contribution in [-0.2, 0) is 17.6 Å². The summed E-state index contributed by atoms with van der Waals surface area (Å²) in [4.78, 5) is 16.8. The number of Topliss-reactive ketones (excluding diaryl/α,β-unsaturated/α-hetero) is 1. The maximum absolute atomic E-state index is 12.4. The molecular weight excluding hydrogens is 236 g/mol. The SMILES string of the molecule is CCc1ccc(CC(=O)C2CN(C)CCN2C)cc1. The second kappa shape index (κ2) is 6.31. The van der Waals surface area contributed by atoms with Crippen molar-refractivity contribution < 1.29 is 4.79 Å². The Morgan fingerprint density at radius 3 is 2.42 bits per heavy atom. The summed E-state index contributed by atoms with van der Waals surface area (Å²) >= 11 is 0. The van der Waals surface area contributed by atoms with Crippen molar-refractivity contribution in [3.8, 4) is 0 Å². The smallest absolute Gasteiger partial charge is 0.155 e. The van der Waals surface area contributed by atoms with Gasteiger partial charge in [0.2, 0.25) is 0 Å². The van der Waals surface area contributed by atoms with Crippen LogP contribution in [0.25, 0.3) is 0 Å². The number of ketones is 1. The van der Waals surface area contributed by atoms with Crippen LogP contribution in [0.4, 0.5) is 0 Å². The van der Waals surface area contributed by atoms with Crippen LogP contribution in [0.5, 0.6) is 0 Å². The van der Waals surface area contributed by atoms with Crippen molar-refractivity contribution in [2.45, 2.75) is 25.8 Å². The predicted octanol–water partition coefficient (Wildman–Crippen LogP) is 1.61. The van der Waals surface area contributed by atoms with Gasteiger partial charge in [-0.05, 0) is 31.6 Å². The van der Waals surface area contributed by atoms with Crippen LogP contribution >= 0.6 is 0 Å². The van der Waals surface area contributed by atoms with Gasteiger partial charge < -0.3 is 4.90 Å². The van der Waals surface area contributed by atoms with Crippen LogP contribution in [0.15, 0.2) is 24.3 Å². The minimum Gasteiger partial charge on any atom is -0.303 e. The Balaban J connectivity index is 1.99. The van der Waals surface area contributed by atoms with E-state index in [0.29, 0.717) is 12.2 Å². The summed E-state index contributed by atoms with van der Waals surface area (Å²) in [7, 11) is 4.14. The Morgan fingerprint density at radius 1 is 1.16 bits per heavy atom. The van der Waals surface area contributed by atoms with Crippen molar-refractivity contribution in [2.24, 2.45) is 0 Å². The Kier molecular flexibility index (Phi) is 4.72. The Morgan fingerprint density at radius 2 is 1.79 bits per heavy atom. The van der Waals surface area contributed by atoms with E-state index in [1.807, 2.05) is 0 Å². The van der Waals surface area contributed by atoms with Crippen LogP contribution in [0, 0.1) is 0 Å². The molecule has 0 aliphatic carbocycles. The highest BCUT2D eigenvalue weighted by atomic mass is 16.1. The van der Waals surface area contributed by atoms with Crippen LogP contribution in [0.2, 0.25) is 0 Å². The van der Waals surface area contributed by atoms with E-state index in [0.717, 1.165) is 31.6 Å². The molecule has 0 aromatic heterocycles. The number of rotatable bonds is 4. The van der Waals surface area contributed by atoms with E-state index >= 15 is 0 Å². The molecule has 1 atom stereocenters. The van der Waals surface area contributed by atoms with E-state index in [1.54, 1.807) is 0 Å². The second-order valence-electron chi connectivity index (χ2n) is 5.57. The average Bonchev–Trinajstić information content (AvgIpc) is 2.42. The molecule has 1 aromatic rings. The first kappa shape index (κ1) is 14.2. The Hall–Kier alpha value is -1.19. The number of carbonyl (C=O) groups is 1. The van der Waals surface area contributed by atoms with Crippen molar-refractivity contribution in [3.63, 3.8) is 0 Å². The maximum atomic E-state index is 12.4. The first-order valence-corrected chi connectivity index (χ1v) is 7.09. The molecule has 1 heterocycles. The average molecular weight is 260 g/mol. The lowest BCUT2D eigenvalue weighted by molar-refractivity contribution is -0.125. The molecule has 3 heteroatoms. The summed E-state index contributed by atoms with van der Waals surface area (Å²) in [6.07, 6.45) is 1.59. The molecule has 0 N–H and O–H groups in total. The first-order chi connectivity index (χ1) is 9.10. The lowest BCUT2D eigenvalue weighted by Gasteiger charge is -2.36. The molecule has 0 saturated carbocycles. The minimum atomic E-state index is 0.0459. The highest BCUT2D eigenvalue weighted by Gasteiger charge is 2.27. The first-order valence-electron chi connectivity index (χ1n) is 7.09. The third-order valence-corrected chi connectivity index (χ3v) is 4.03. The van der Waals surface area contributed by atoms with Crippen molar-refractivity contribution in [3.05, 3.63) is 35.4 Å². The molecule has 19 heavy (non-hydrogen) atoms. The fourth-order valence-corrected chi connectivity index (χ4v) is 2.57. The van der Waals surface area contributed by atoms with E-state index < -0.39 is 0 Å². The lowest BCUT2D eigenvalue weighted by atomic mass is 10.00. The van der Waals surface area contributed by atoms with E-state index in [1.165, 1.54) is 5.56 Å². The monoisotopic (exact) mass is 260 g/mol. The summed E-state index contributed by atoms with van der Waals surface area (Å²) in [5.41, 5.74) is 2.45. The molecule has 0 amide bonds. The van der Waals surface area contributed by atoms with Gasteiger partial charge in [-0.1, -0.05) is 31.2 Å². The van der Waals surface area contributed by atoms with E-state index in [2.05, 4.69) is 55.1 Å². The van der Waals surface area contributed by atoms with Gasteiger partial charge in [0.05, 0.1) is 6.04 Å². The molecule has 0 radical (unpaired) electrons. The van der Waals surface area contributed by atoms with Crippen LogP contribution in [0.1, 0.15) is 18.1 Å². The molecule has 2 rings (SSSR count). The summed E-state index contributed by atoms with van der Waals surface area (Å²) in [6, 6.07) is 8.47. The maximum Gasteiger partial charge on any atom is 0.155 e. The molecule has 1 aromatic carbocycles. The van der Waals surface area contributed by atoms with Crippen LogP contribution in [-0.4, -0.2) is 55.4 Å². The van der Waals surface area contributed by atoms with Crippen molar-refractivity contribution in [2.75, 3.05) is 33.7 Å². The van der Waals surface area contributed by atoms with Gasteiger partial charge in [-0.2, -0.15) is 0 Å². The second-order valence-corrected chi connectivity index (χ2v) is 5.57. The third-order valence-electron chi connectivity index (χ3n) is 4.03. The van der Waals surface area contributed by atoms with Gasteiger partial charge in [0.1, 0.15) is 0 Å². The highest BCUT2D eigenvalue weighted by molar-refractivity contribution is 5.86. The number of hydrogen-bond donors (Lipinski definition) is 0. The van der Waals surface area contributed by atoms with Gasteiger partial charge in [-0.15, -0.1) is 0 Å². The van der Waals surface area contributed by atoms with E-state index in [4.69, 9.17) is 0 Å². The van der Waals surface area contributed by atoms with Gasteiger partial charge in [0, 0.05) is 26.1 Å². The topological polar surface area (TPSA) is 23.6 Å². The number of carbonyl (C=O) groups excluding carboxylic acids is 1. The fourth-order valence-electron chi connectivity index (χ4n) is 2.57. The summed E-state index contributed by atoms with van der Waals surface area (Å²) in [5, 5.41) is 0. The summed E-state index contributed by atoms with van der Waals surface area (Å²) in [5.74, 6) is 0.332. The van der Waals surface area contributed by atoms with E-state index in [-0.39, 0.29) is 6.04 Å². The van der Waals surface area contributed by atoms with Gasteiger partial charge >= 0.3 is 0 Å². The van der Waals surface area contributed by atoms with E-state index in [9.17, 15) is 4.79 Å². The number of hydrogen-bond acceptors (Lipinski definition) is 3. The number of aryl methyl sites for hydroxylation is 1. The van der Waals surface area contributed by atoms with Crippen LogP contribution < -0.4 is 0 Å².